The summed E-state index contributed by atoms with van der Waals surface area (Å²) in [5.74, 6) is 0.412. The first-order valence-corrected chi connectivity index (χ1v) is 11.2. The number of Topliss-reactive ketones (excluding diaryl/α,β-unsaturated/α-hetero) is 1. The number of nitrogens with zero attached hydrogens (tertiary/aromatic N) is 1. The van der Waals surface area contributed by atoms with Crippen LogP contribution in [0.1, 0.15) is 50.7 Å². The van der Waals surface area contributed by atoms with Gasteiger partial charge in [0.2, 0.25) is 0 Å². The van der Waals surface area contributed by atoms with Gasteiger partial charge < -0.3 is 15.2 Å². The zero-order valence-electron chi connectivity index (χ0n) is 18.9. The summed E-state index contributed by atoms with van der Waals surface area (Å²) in [6.07, 6.45) is 1.10. The summed E-state index contributed by atoms with van der Waals surface area (Å²) in [4.78, 5) is 27.1. The van der Waals surface area contributed by atoms with Crippen LogP contribution in [0, 0.1) is 5.41 Å². The van der Waals surface area contributed by atoms with Crippen molar-refractivity contribution in [3.63, 3.8) is 0 Å². The number of hydrogen-bond acceptors (Lipinski definition) is 5. The fourth-order valence-corrected chi connectivity index (χ4v) is 4.96. The summed E-state index contributed by atoms with van der Waals surface area (Å²) in [5.41, 5.74) is 2.98. The summed E-state index contributed by atoms with van der Waals surface area (Å²) in [6, 6.07) is 14.4. The zero-order valence-corrected chi connectivity index (χ0v) is 18.9. The van der Waals surface area contributed by atoms with Crippen molar-refractivity contribution in [3.05, 3.63) is 81.3 Å². The Balaban J connectivity index is 1.74. The van der Waals surface area contributed by atoms with Crippen molar-refractivity contribution in [3.8, 4) is 17.2 Å². The SMILES string of the molecule is CCOc1cc(C2C3=C(CC(C)(C)CC3=O)Nc3[nH]n(-c4ccccc4)c(=O)c32)ccc1O. The monoisotopic (exact) mass is 445 g/mol. The van der Waals surface area contributed by atoms with E-state index in [1.54, 1.807) is 18.2 Å². The first-order valence-electron chi connectivity index (χ1n) is 11.2. The van der Waals surface area contributed by atoms with Gasteiger partial charge in [0.25, 0.3) is 5.56 Å². The van der Waals surface area contributed by atoms with Crippen molar-refractivity contribution in [2.45, 2.75) is 39.5 Å². The summed E-state index contributed by atoms with van der Waals surface area (Å²) in [5, 5.41) is 16.8. The number of H-pyrrole nitrogens is 1. The fraction of sp³-hybridized carbons (Fsp3) is 0.308. The highest BCUT2D eigenvalue weighted by molar-refractivity contribution is 6.01. The number of aromatic nitrogens is 2. The number of aromatic hydroxyl groups is 1. The molecule has 1 atom stereocenters. The van der Waals surface area contributed by atoms with Crippen LogP contribution >= 0.6 is 0 Å². The molecule has 1 aromatic heterocycles. The Bertz CT molecular complexity index is 1330. The number of anilines is 1. The lowest BCUT2D eigenvalue weighted by Gasteiger charge is -2.37. The molecule has 2 aromatic carbocycles. The summed E-state index contributed by atoms with van der Waals surface area (Å²) in [6.45, 7) is 6.38. The Kier molecular flexibility index (Phi) is 4.92. The number of ether oxygens (including phenoxy) is 1. The Hall–Kier alpha value is -3.74. The quantitative estimate of drug-likeness (QED) is 0.551. The van der Waals surface area contributed by atoms with E-state index in [9.17, 15) is 14.7 Å². The third-order valence-corrected chi connectivity index (χ3v) is 6.33. The number of allylic oxidation sites excluding steroid dienone is 2. The van der Waals surface area contributed by atoms with E-state index < -0.39 is 5.92 Å². The van der Waals surface area contributed by atoms with Crippen LogP contribution in [-0.4, -0.2) is 27.3 Å². The molecule has 2 aliphatic rings. The number of carbonyl (C=O) groups excluding carboxylic acids is 1. The van der Waals surface area contributed by atoms with E-state index in [0.717, 1.165) is 11.3 Å². The molecule has 0 bridgehead atoms. The molecule has 0 saturated carbocycles. The van der Waals surface area contributed by atoms with E-state index in [-0.39, 0.29) is 22.5 Å². The van der Waals surface area contributed by atoms with Crippen molar-refractivity contribution < 1.29 is 14.6 Å². The normalized spacial score (nSPS) is 19.0. The van der Waals surface area contributed by atoms with E-state index in [0.29, 0.717) is 47.8 Å². The van der Waals surface area contributed by atoms with Gasteiger partial charge in [0.05, 0.1) is 17.9 Å². The Morgan fingerprint density at radius 3 is 2.61 bits per heavy atom. The standard InChI is InChI=1S/C26H27N3O4/c1-4-33-20-12-15(10-11-18(20)30)21-22-17(13-26(2,3)14-19(22)31)27-24-23(21)25(32)29(28-24)16-8-6-5-7-9-16/h5-12,21,27-28,30H,4,13-14H2,1-3H3. The van der Waals surface area contributed by atoms with Gasteiger partial charge >= 0.3 is 0 Å². The maximum atomic E-state index is 13.7. The molecule has 2 heterocycles. The van der Waals surface area contributed by atoms with Crippen molar-refractivity contribution in [1.82, 2.24) is 9.78 Å². The molecular formula is C26H27N3O4. The molecule has 1 aliphatic heterocycles. The van der Waals surface area contributed by atoms with Crippen molar-refractivity contribution in [1.29, 1.82) is 0 Å². The summed E-state index contributed by atoms with van der Waals surface area (Å²) in [7, 11) is 0. The molecule has 1 aliphatic carbocycles. The minimum absolute atomic E-state index is 0.0239. The molecule has 7 nitrogen and oxygen atoms in total. The van der Waals surface area contributed by atoms with Crippen LogP contribution in [0.25, 0.3) is 5.69 Å². The van der Waals surface area contributed by atoms with Crippen molar-refractivity contribution in [2.24, 2.45) is 5.41 Å². The van der Waals surface area contributed by atoms with Gasteiger partial charge in [-0.2, -0.15) is 0 Å². The molecule has 3 aromatic rings. The third kappa shape index (κ3) is 3.53. The van der Waals surface area contributed by atoms with Crippen LogP contribution in [0.3, 0.4) is 0 Å². The molecule has 0 saturated heterocycles. The molecule has 1 unspecified atom stereocenters. The number of para-hydroxylation sites is 1. The number of phenolic OH excluding ortho intramolecular Hbond substituents is 1. The van der Waals surface area contributed by atoms with Gasteiger partial charge in [-0.3, -0.25) is 14.7 Å². The number of ketones is 1. The maximum absolute atomic E-state index is 13.7. The first kappa shape index (κ1) is 21.1. The second-order valence-corrected chi connectivity index (χ2v) is 9.43. The maximum Gasteiger partial charge on any atom is 0.277 e. The molecule has 7 heteroatoms. The average molecular weight is 446 g/mol. The fourth-order valence-electron chi connectivity index (χ4n) is 4.96. The molecule has 0 amide bonds. The average Bonchev–Trinajstić information content (AvgIpc) is 3.10. The number of aromatic amines is 1. The highest BCUT2D eigenvalue weighted by Gasteiger charge is 2.43. The van der Waals surface area contributed by atoms with E-state index in [2.05, 4.69) is 24.3 Å². The van der Waals surface area contributed by atoms with E-state index in [4.69, 9.17) is 4.74 Å². The lowest BCUT2D eigenvalue weighted by atomic mass is 9.69. The van der Waals surface area contributed by atoms with Gasteiger partial charge in [-0.15, -0.1) is 0 Å². The molecule has 5 rings (SSSR count). The summed E-state index contributed by atoms with van der Waals surface area (Å²) >= 11 is 0. The molecule has 0 radical (unpaired) electrons. The van der Waals surface area contributed by atoms with Crippen molar-refractivity contribution >= 4 is 11.6 Å². The zero-order chi connectivity index (χ0) is 23.3. The van der Waals surface area contributed by atoms with Crippen LogP contribution in [0.15, 0.2) is 64.6 Å². The number of nitrogens with one attached hydrogen (secondary N) is 2. The van der Waals surface area contributed by atoms with Gasteiger partial charge in [0, 0.05) is 23.6 Å². The molecule has 0 spiro atoms. The highest BCUT2D eigenvalue weighted by Crippen LogP contribution is 2.48. The number of phenols is 1. The number of hydrogen-bond donors (Lipinski definition) is 3. The Labute approximate surface area is 191 Å². The van der Waals surface area contributed by atoms with Gasteiger partial charge in [-0.1, -0.05) is 38.1 Å². The van der Waals surface area contributed by atoms with Crippen LogP contribution in [0.2, 0.25) is 0 Å². The van der Waals surface area contributed by atoms with Gasteiger partial charge in [0.1, 0.15) is 5.82 Å². The predicted octanol–water partition coefficient (Wildman–Crippen LogP) is 4.47. The van der Waals surface area contributed by atoms with Crippen LogP contribution in [0.5, 0.6) is 11.5 Å². The number of fused-ring (bicyclic) bond motifs is 1. The van der Waals surface area contributed by atoms with Gasteiger partial charge in [-0.05, 0) is 48.6 Å². The van der Waals surface area contributed by atoms with Crippen LogP contribution < -0.4 is 15.6 Å². The molecule has 0 fully saturated rings. The second-order valence-electron chi connectivity index (χ2n) is 9.43. The minimum Gasteiger partial charge on any atom is -0.504 e. The Morgan fingerprint density at radius 2 is 1.88 bits per heavy atom. The largest absolute Gasteiger partial charge is 0.504 e. The number of rotatable bonds is 4. The van der Waals surface area contributed by atoms with E-state index in [1.807, 2.05) is 37.3 Å². The number of benzene rings is 2. The first-order chi connectivity index (χ1) is 15.8. The van der Waals surface area contributed by atoms with E-state index in [1.165, 1.54) is 4.68 Å². The van der Waals surface area contributed by atoms with Crippen molar-refractivity contribution in [2.75, 3.05) is 11.9 Å². The summed E-state index contributed by atoms with van der Waals surface area (Å²) < 4.78 is 7.10. The predicted molar refractivity (Wildman–Crippen MR) is 126 cm³/mol. The minimum atomic E-state index is -0.562. The lowest BCUT2D eigenvalue weighted by molar-refractivity contribution is -0.118. The molecule has 3 N–H and O–H groups in total. The van der Waals surface area contributed by atoms with Crippen LogP contribution in [0.4, 0.5) is 5.82 Å². The highest BCUT2D eigenvalue weighted by atomic mass is 16.5. The molecule has 170 valence electrons. The molecule has 33 heavy (non-hydrogen) atoms. The third-order valence-electron chi connectivity index (χ3n) is 6.33. The van der Waals surface area contributed by atoms with Gasteiger partial charge in [-0.25, -0.2) is 4.68 Å². The topological polar surface area (TPSA) is 96.4 Å². The van der Waals surface area contributed by atoms with E-state index >= 15 is 0 Å². The van der Waals surface area contributed by atoms with Gasteiger partial charge in [0.15, 0.2) is 17.3 Å². The Morgan fingerprint density at radius 1 is 1.12 bits per heavy atom. The molecular weight excluding hydrogens is 418 g/mol. The second kappa shape index (κ2) is 7.69. The lowest BCUT2D eigenvalue weighted by Crippen LogP contribution is -2.35. The number of carbonyl (C=O) groups is 1. The smallest absolute Gasteiger partial charge is 0.277 e. The van der Waals surface area contributed by atoms with Crippen LogP contribution in [-0.2, 0) is 4.79 Å².